The Morgan fingerprint density at radius 1 is 1.08 bits per heavy atom. The van der Waals surface area contributed by atoms with Gasteiger partial charge in [-0.2, -0.15) is 0 Å². The van der Waals surface area contributed by atoms with Gasteiger partial charge >= 0.3 is 0 Å². The van der Waals surface area contributed by atoms with Crippen molar-refractivity contribution in [2.75, 3.05) is 13.7 Å². The van der Waals surface area contributed by atoms with Crippen LogP contribution in [0, 0.1) is 0 Å². The van der Waals surface area contributed by atoms with Crippen LogP contribution in [0.1, 0.15) is 51.9 Å². The highest BCUT2D eigenvalue weighted by atomic mass is 16.5. The van der Waals surface area contributed by atoms with Crippen molar-refractivity contribution in [1.29, 1.82) is 0 Å². The molecule has 0 spiro atoms. The zero-order valence-electron chi connectivity index (χ0n) is 9.09. The number of unbranched alkanes of at least 4 members (excludes halogenated alkanes) is 3. The summed E-state index contributed by atoms with van der Waals surface area (Å²) in [6.07, 6.45) is 7.72. The number of aliphatic hydroxyl groups excluding tert-OH is 1. The largest absolute Gasteiger partial charge is 0.393 e. The van der Waals surface area contributed by atoms with Crippen molar-refractivity contribution >= 4 is 0 Å². The van der Waals surface area contributed by atoms with E-state index in [0.717, 1.165) is 38.7 Å². The van der Waals surface area contributed by atoms with Crippen molar-refractivity contribution in [3.8, 4) is 0 Å². The van der Waals surface area contributed by atoms with Crippen LogP contribution in [0.2, 0.25) is 0 Å². The summed E-state index contributed by atoms with van der Waals surface area (Å²) in [4.78, 5) is 0. The van der Waals surface area contributed by atoms with Gasteiger partial charge in [0.1, 0.15) is 0 Å². The Morgan fingerprint density at radius 2 is 1.77 bits per heavy atom. The van der Waals surface area contributed by atoms with Gasteiger partial charge in [0, 0.05) is 13.7 Å². The highest BCUT2D eigenvalue weighted by Gasteiger charge is 2.01. The minimum atomic E-state index is -0.0626. The number of ether oxygens (including phenoxy) is 1. The van der Waals surface area contributed by atoms with Gasteiger partial charge < -0.3 is 9.84 Å². The molecular formula is C11H24O2. The molecular weight excluding hydrogens is 164 g/mol. The standard InChI is InChI=1S/C11H24O2/c1-3-8-11(12)9-6-4-5-7-10-13-2/h11-12H,3-10H2,1-2H3. The third kappa shape index (κ3) is 9.84. The molecule has 0 aromatic rings. The van der Waals surface area contributed by atoms with Gasteiger partial charge in [-0.15, -0.1) is 0 Å². The molecule has 2 heteroatoms. The van der Waals surface area contributed by atoms with Gasteiger partial charge in [-0.25, -0.2) is 0 Å². The number of methoxy groups -OCH3 is 1. The average Bonchev–Trinajstić information content (AvgIpc) is 2.11. The fourth-order valence-corrected chi connectivity index (χ4v) is 1.46. The summed E-state index contributed by atoms with van der Waals surface area (Å²) >= 11 is 0. The van der Waals surface area contributed by atoms with E-state index in [4.69, 9.17) is 4.74 Å². The Bertz CT molecular complexity index is 94.1. The number of aliphatic hydroxyl groups is 1. The number of hydrogen-bond donors (Lipinski definition) is 1. The molecule has 0 saturated heterocycles. The van der Waals surface area contributed by atoms with E-state index in [2.05, 4.69) is 6.92 Å². The first-order valence-corrected chi connectivity index (χ1v) is 5.48. The number of rotatable bonds is 9. The van der Waals surface area contributed by atoms with Crippen LogP contribution in [0.5, 0.6) is 0 Å². The maximum Gasteiger partial charge on any atom is 0.0540 e. The van der Waals surface area contributed by atoms with Gasteiger partial charge in [-0.3, -0.25) is 0 Å². The minimum absolute atomic E-state index is 0.0626. The molecule has 0 radical (unpaired) electrons. The van der Waals surface area contributed by atoms with Crippen LogP contribution in [-0.2, 0) is 4.74 Å². The second-order valence-electron chi connectivity index (χ2n) is 3.64. The maximum absolute atomic E-state index is 9.43. The molecule has 0 aromatic carbocycles. The molecule has 80 valence electrons. The summed E-state index contributed by atoms with van der Waals surface area (Å²) in [5.41, 5.74) is 0. The lowest BCUT2D eigenvalue weighted by Crippen LogP contribution is -2.05. The maximum atomic E-state index is 9.43. The quantitative estimate of drug-likeness (QED) is 0.564. The summed E-state index contributed by atoms with van der Waals surface area (Å²) in [7, 11) is 1.74. The van der Waals surface area contributed by atoms with Gasteiger partial charge in [-0.05, 0) is 19.3 Å². The lowest BCUT2D eigenvalue weighted by Gasteiger charge is -2.08. The summed E-state index contributed by atoms with van der Waals surface area (Å²) in [6.45, 7) is 2.99. The fraction of sp³-hybridized carbons (Fsp3) is 1.00. The first-order valence-electron chi connectivity index (χ1n) is 5.48. The van der Waals surface area contributed by atoms with Crippen LogP contribution in [0.3, 0.4) is 0 Å². The average molecular weight is 188 g/mol. The van der Waals surface area contributed by atoms with Crippen LogP contribution in [0.25, 0.3) is 0 Å². The minimum Gasteiger partial charge on any atom is -0.393 e. The molecule has 0 aliphatic carbocycles. The fourth-order valence-electron chi connectivity index (χ4n) is 1.46. The van der Waals surface area contributed by atoms with E-state index in [9.17, 15) is 5.11 Å². The van der Waals surface area contributed by atoms with E-state index < -0.39 is 0 Å². The Kier molecular flexibility index (Phi) is 9.94. The van der Waals surface area contributed by atoms with Crippen molar-refractivity contribution < 1.29 is 9.84 Å². The normalized spacial score (nSPS) is 13.2. The summed E-state index contributed by atoms with van der Waals surface area (Å²) in [5, 5.41) is 9.43. The SMILES string of the molecule is CCCC(O)CCCCCCOC. The molecule has 0 saturated carbocycles. The van der Waals surface area contributed by atoms with E-state index in [0.29, 0.717) is 0 Å². The van der Waals surface area contributed by atoms with E-state index in [-0.39, 0.29) is 6.10 Å². The van der Waals surface area contributed by atoms with Crippen molar-refractivity contribution in [2.24, 2.45) is 0 Å². The molecule has 0 aliphatic rings. The lowest BCUT2D eigenvalue weighted by molar-refractivity contribution is 0.149. The van der Waals surface area contributed by atoms with Crippen molar-refractivity contribution in [1.82, 2.24) is 0 Å². The van der Waals surface area contributed by atoms with Crippen molar-refractivity contribution in [2.45, 2.75) is 58.0 Å². The Hall–Kier alpha value is -0.0800. The molecule has 0 heterocycles. The van der Waals surface area contributed by atoms with Gasteiger partial charge in [0.2, 0.25) is 0 Å². The number of hydrogen-bond acceptors (Lipinski definition) is 2. The Morgan fingerprint density at radius 3 is 2.38 bits per heavy atom. The van der Waals surface area contributed by atoms with Crippen LogP contribution in [-0.4, -0.2) is 24.9 Å². The highest BCUT2D eigenvalue weighted by molar-refractivity contribution is 4.54. The monoisotopic (exact) mass is 188 g/mol. The van der Waals surface area contributed by atoms with Crippen LogP contribution < -0.4 is 0 Å². The lowest BCUT2D eigenvalue weighted by atomic mass is 10.1. The first-order chi connectivity index (χ1) is 6.31. The van der Waals surface area contributed by atoms with Crippen molar-refractivity contribution in [3.05, 3.63) is 0 Å². The van der Waals surface area contributed by atoms with Crippen LogP contribution >= 0.6 is 0 Å². The molecule has 0 aromatic heterocycles. The van der Waals surface area contributed by atoms with Gasteiger partial charge in [-0.1, -0.05) is 32.6 Å². The third-order valence-corrected chi connectivity index (χ3v) is 2.26. The first kappa shape index (κ1) is 12.9. The van der Waals surface area contributed by atoms with Gasteiger partial charge in [0.25, 0.3) is 0 Å². The molecule has 1 N–H and O–H groups in total. The summed E-state index contributed by atoms with van der Waals surface area (Å²) < 4.78 is 4.96. The van der Waals surface area contributed by atoms with E-state index >= 15 is 0 Å². The highest BCUT2D eigenvalue weighted by Crippen LogP contribution is 2.09. The molecule has 1 atom stereocenters. The van der Waals surface area contributed by atoms with Gasteiger partial charge in [0.05, 0.1) is 6.10 Å². The molecule has 13 heavy (non-hydrogen) atoms. The summed E-state index contributed by atoms with van der Waals surface area (Å²) in [5.74, 6) is 0. The molecule has 2 nitrogen and oxygen atoms in total. The molecule has 0 amide bonds. The Labute approximate surface area is 82.3 Å². The van der Waals surface area contributed by atoms with Gasteiger partial charge in [0.15, 0.2) is 0 Å². The predicted molar refractivity (Wildman–Crippen MR) is 55.9 cm³/mol. The molecule has 0 fully saturated rings. The Balaban J connectivity index is 2.97. The second kappa shape index (κ2) is 10.0. The van der Waals surface area contributed by atoms with Crippen LogP contribution in [0.4, 0.5) is 0 Å². The zero-order chi connectivity index (χ0) is 9.94. The zero-order valence-corrected chi connectivity index (χ0v) is 9.09. The van der Waals surface area contributed by atoms with E-state index in [1.54, 1.807) is 7.11 Å². The second-order valence-corrected chi connectivity index (χ2v) is 3.64. The molecule has 1 unspecified atom stereocenters. The van der Waals surface area contributed by atoms with Crippen LogP contribution in [0.15, 0.2) is 0 Å². The summed E-state index contributed by atoms with van der Waals surface area (Å²) in [6, 6.07) is 0. The van der Waals surface area contributed by atoms with Crippen molar-refractivity contribution in [3.63, 3.8) is 0 Å². The smallest absolute Gasteiger partial charge is 0.0540 e. The predicted octanol–water partition coefficient (Wildman–Crippen LogP) is 2.74. The third-order valence-electron chi connectivity index (χ3n) is 2.26. The van der Waals surface area contributed by atoms with E-state index in [1.807, 2.05) is 0 Å². The molecule has 0 rings (SSSR count). The van der Waals surface area contributed by atoms with E-state index in [1.165, 1.54) is 12.8 Å². The molecule has 0 bridgehead atoms. The topological polar surface area (TPSA) is 29.5 Å². The molecule has 0 aliphatic heterocycles.